The van der Waals surface area contributed by atoms with E-state index in [9.17, 15) is 9.59 Å². The van der Waals surface area contributed by atoms with Crippen LogP contribution in [-0.2, 0) is 10.5 Å². The number of carbonyl (C=O) groups excluding carboxylic acids is 1. The summed E-state index contributed by atoms with van der Waals surface area (Å²) >= 11 is 1.67. The number of thioether (sulfide) groups is 1. The zero-order chi connectivity index (χ0) is 14.4. The smallest absolute Gasteiger partial charge is 0.326 e. The van der Waals surface area contributed by atoms with Gasteiger partial charge in [0.15, 0.2) is 0 Å². The van der Waals surface area contributed by atoms with Crippen LogP contribution >= 0.6 is 11.8 Å². The van der Waals surface area contributed by atoms with Crippen molar-refractivity contribution in [1.29, 1.82) is 0 Å². The predicted molar refractivity (Wildman–Crippen MR) is 77.4 cm³/mol. The van der Waals surface area contributed by atoms with Gasteiger partial charge in [0.05, 0.1) is 0 Å². The number of carboxylic acid groups (broad SMARTS) is 1. The topological polar surface area (TPSA) is 66.4 Å². The average Bonchev–Trinajstić information content (AvgIpc) is 2.35. The molecule has 1 atom stereocenters. The molecular formula is C14H19NO3S. The Kier molecular flexibility index (Phi) is 5.89. The first-order valence-corrected chi connectivity index (χ1v) is 7.46. The molecule has 0 spiro atoms. The molecular weight excluding hydrogens is 262 g/mol. The first kappa shape index (κ1) is 15.6. The molecule has 0 fully saturated rings. The zero-order valence-electron chi connectivity index (χ0n) is 11.3. The van der Waals surface area contributed by atoms with Gasteiger partial charge in [0.25, 0.3) is 5.91 Å². The van der Waals surface area contributed by atoms with Gasteiger partial charge in [-0.3, -0.25) is 4.79 Å². The maximum Gasteiger partial charge on any atom is 0.326 e. The van der Waals surface area contributed by atoms with Crippen LogP contribution in [0.4, 0.5) is 0 Å². The lowest BCUT2D eigenvalue weighted by atomic mass is 10.0. The van der Waals surface area contributed by atoms with Crippen LogP contribution in [0.1, 0.15) is 29.8 Å². The Morgan fingerprint density at radius 2 is 2.05 bits per heavy atom. The fraction of sp³-hybridized carbons (Fsp3) is 0.429. The third-order valence-electron chi connectivity index (χ3n) is 2.72. The number of carboxylic acids is 1. The van der Waals surface area contributed by atoms with E-state index >= 15 is 0 Å². The molecule has 0 aliphatic heterocycles. The van der Waals surface area contributed by atoms with Crippen LogP contribution < -0.4 is 5.32 Å². The first-order valence-electron chi connectivity index (χ1n) is 6.07. The number of nitrogens with one attached hydrogen (secondary N) is 1. The van der Waals surface area contributed by atoms with E-state index < -0.39 is 12.0 Å². The van der Waals surface area contributed by atoms with E-state index in [1.54, 1.807) is 37.7 Å². The van der Waals surface area contributed by atoms with Crippen molar-refractivity contribution >= 4 is 23.6 Å². The highest BCUT2D eigenvalue weighted by Crippen LogP contribution is 2.12. The van der Waals surface area contributed by atoms with Gasteiger partial charge in [-0.2, -0.15) is 11.8 Å². The molecule has 0 aromatic heterocycles. The van der Waals surface area contributed by atoms with E-state index in [0.29, 0.717) is 5.56 Å². The SMILES string of the molecule is CSCc1cccc(C(=O)N[C@H](C(=O)O)C(C)C)c1. The third kappa shape index (κ3) is 4.59. The molecule has 19 heavy (non-hydrogen) atoms. The Morgan fingerprint density at radius 3 is 2.58 bits per heavy atom. The molecule has 4 nitrogen and oxygen atoms in total. The van der Waals surface area contributed by atoms with Crippen molar-refractivity contribution < 1.29 is 14.7 Å². The van der Waals surface area contributed by atoms with Crippen LogP contribution in [0.2, 0.25) is 0 Å². The lowest BCUT2D eigenvalue weighted by Crippen LogP contribution is -2.44. The van der Waals surface area contributed by atoms with Crippen molar-refractivity contribution in [3.8, 4) is 0 Å². The molecule has 0 aliphatic rings. The average molecular weight is 281 g/mol. The van der Waals surface area contributed by atoms with E-state index in [-0.39, 0.29) is 11.8 Å². The largest absolute Gasteiger partial charge is 0.480 e. The van der Waals surface area contributed by atoms with Gasteiger partial charge in [-0.05, 0) is 29.9 Å². The number of rotatable bonds is 6. The summed E-state index contributed by atoms with van der Waals surface area (Å²) in [5, 5.41) is 11.6. The fourth-order valence-electron chi connectivity index (χ4n) is 1.71. The maximum absolute atomic E-state index is 12.0. The molecule has 0 saturated heterocycles. The highest BCUT2D eigenvalue weighted by Gasteiger charge is 2.23. The van der Waals surface area contributed by atoms with Crippen molar-refractivity contribution in [2.45, 2.75) is 25.6 Å². The molecule has 0 aliphatic carbocycles. The minimum Gasteiger partial charge on any atom is -0.480 e. The lowest BCUT2D eigenvalue weighted by molar-refractivity contribution is -0.140. The summed E-state index contributed by atoms with van der Waals surface area (Å²) in [5.74, 6) is -0.684. The molecule has 1 aromatic rings. The van der Waals surface area contributed by atoms with E-state index in [0.717, 1.165) is 11.3 Å². The number of aliphatic carboxylic acids is 1. The van der Waals surface area contributed by atoms with Crippen LogP contribution in [0.15, 0.2) is 24.3 Å². The molecule has 0 radical (unpaired) electrons. The Balaban J connectivity index is 2.82. The van der Waals surface area contributed by atoms with Gasteiger partial charge in [0, 0.05) is 11.3 Å². The fourth-order valence-corrected chi connectivity index (χ4v) is 2.22. The predicted octanol–water partition coefficient (Wildman–Crippen LogP) is 2.39. The van der Waals surface area contributed by atoms with Crippen LogP contribution in [0.3, 0.4) is 0 Å². The molecule has 1 amide bonds. The number of carbonyl (C=O) groups is 2. The second kappa shape index (κ2) is 7.19. The Labute approximate surface area is 117 Å². The lowest BCUT2D eigenvalue weighted by Gasteiger charge is -2.18. The monoisotopic (exact) mass is 281 g/mol. The van der Waals surface area contributed by atoms with E-state index in [1.807, 2.05) is 18.4 Å². The highest BCUT2D eigenvalue weighted by atomic mass is 32.2. The second-order valence-corrected chi connectivity index (χ2v) is 5.53. The van der Waals surface area contributed by atoms with Gasteiger partial charge < -0.3 is 10.4 Å². The molecule has 104 valence electrons. The van der Waals surface area contributed by atoms with Crippen molar-refractivity contribution in [2.24, 2.45) is 5.92 Å². The normalized spacial score (nSPS) is 12.2. The number of amides is 1. The zero-order valence-corrected chi connectivity index (χ0v) is 12.2. The first-order chi connectivity index (χ1) is 8.95. The standard InChI is InChI=1S/C14H19NO3S/c1-9(2)12(14(17)18)15-13(16)11-6-4-5-10(7-11)8-19-3/h4-7,9,12H,8H2,1-3H3,(H,15,16)(H,17,18)/t12-/m0/s1. The molecule has 0 saturated carbocycles. The van der Waals surface area contributed by atoms with Gasteiger partial charge in [-0.1, -0.05) is 26.0 Å². The summed E-state index contributed by atoms with van der Waals surface area (Å²) in [6, 6.07) is 6.39. The van der Waals surface area contributed by atoms with Crippen molar-refractivity contribution in [3.05, 3.63) is 35.4 Å². The summed E-state index contributed by atoms with van der Waals surface area (Å²) in [6.07, 6.45) is 1.99. The summed E-state index contributed by atoms with van der Waals surface area (Å²) in [6.45, 7) is 3.53. The Hall–Kier alpha value is -1.49. The van der Waals surface area contributed by atoms with Crippen LogP contribution in [0.25, 0.3) is 0 Å². The summed E-state index contributed by atoms with van der Waals surface area (Å²) in [5.41, 5.74) is 1.55. The summed E-state index contributed by atoms with van der Waals surface area (Å²) in [4.78, 5) is 23.1. The minimum atomic E-state index is -1.01. The second-order valence-electron chi connectivity index (χ2n) is 4.67. The van der Waals surface area contributed by atoms with Crippen molar-refractivity contribution in [2.75, 3.05) is 6.26 Å². The van der Waals surface area contributed by atoms with Crippen LogP contribution in [0.5, 0.6) is 0 Å². The molecule has 1 rings (SSSR count). The highest BCUT2D eigenvalue weighted by molar-refractivity contribution is 7.97. The van der Waals surface area contributed by atoms with E-state index in [1.165, 1.54) is 0 Å². The van der Waals surface area contributed by atoms with Gasteiger partial charge in [-0.15, -0.1) is 0 Å². The number of hydrogen-bond acceptors (Lipinski definition) is 3. The van der Waals surface area contributed by atoms with Crippen molar-refractivity contribution in [3.63, 3.8) is 0 Å². The number of benzene rings is 1. The Bertz CT molecular complexity index is 460. The molecule has 2 N–H and O–H groups in total. The molecule has 1 aromatic carbocycles. The molecule has 0 bridgehead atoms. The van der Waals surface area contributed by atoms with Crippen molar-refractivity contribution in [1.82, 2.24) is 5.32 Å². The van der Waals surface area contributed by atoms with Crippen LogP contribution in [0, 0.1) is 5.92 Å². The molecule has 5 heteroatoms. The van der Waals surface area contributed by atoms with Gasteiger partial charge in [-0.25, -0.2) is 4.79 Å². The molecule has 0 heterocycles. The van der Waals surface area contributed by atoms with E-state index in [4.69, 9.17) is 5.11 Å². The summed E-state index contributed by atoms with van der Waals surface area (Å²) < 4.78 is 0. The quantitative estimate of drug-likeness (QED) is 0.840. The maximum atomic E-state index is 12.0. The summed E-state index contributed by atoms with van der Waals surface area (Å²) in [7, 11) is 0. The van der Waals surface area contributed by atoms with E-state index in [2.05, 4.69) is 5.32 Å². The van der Waals surface area contributed by atoms with Crippen LogP contribution in [-0.4, -0.2) is 29.3 Å². The molecule has 0 unspecified atom stereocenters. The third-order valence-corrected chi connectivity index (χ3v) is 3.34. The van der Waals surface area contributed by atoms with Gasteiger partial charge >= 0.3 is 5.97 Å². The van der Waals surface area contributed by atoms with Gasteiger partial charge in [0.1, 0.15) is 6.04 Å². The minimum absolute atomic E-state index is 0.157. The Morgan fingerprint density at radius 1 is 1.37 bits per heavy atom. The number of hydrogen-bond donors (Lipinski definition) is 2. The van der Waals surface area contributed by atoms with Gasteiger partial charge in [0.2, 0.25) is 0 Å².